The van der Waals surface area contributed by atoms with Crippen LogP contribution < -0.4 is 10.6 Å². The quantitative estimate of drug-likeness (QED) is 0.625. The highest BCUT2D eigenvalue weighted by atomic mass is 16.3. The Bertz CT molecular complexity index is 587. The fourth-order valence-corrected chi connectivity index (χ4v) is 2.16. The van der Waals surface area contributed by atoms with Crippen LogP contribution in [-0.2, 0) is 0 Å². The second kappa shape index (κ2) is 4.12. The Morgan fingerprint density at radius 3 is 2.94 bits per heavy atom. The first-order valence-corrected chi connectivity index (χ1v) is 5.95. The van der Waals surface area contributed by atoms with E-state index >= 15 is 0 Å². The van der Waals surface area contributed by atoms with Crippen LogP contribution in [0.5, 0.6) is 0 Å². The van der Waals surface area contributed by atoms with E-state index in [1.54, 1.807) is 6.07 Å². The van der Waals surface area contributed by atoms with E-state index in [0.29, 0.717) is 18.7 Å². The smallest absolute Gasteiger partial charge is 0.252 e. The molecule has 0 radical (unpaired) electrons. The molecule has 2 heterocycles. The number of aromatic nitrogens is 1. The lowest BCUT2D eigenvalue weighted by atomic mass is 9.97. The van der Waals surface area contributed by atoms with Crippen molar-refractivity contribution in [2.24, 2.45) is 0 Å². The van der Waals surface area contributed by atoms with Crippen LogP contribution in [0.4, 0.5) is 0 Å². The molecular formula is C13H15N3O2. The van der Waals surface area contributed by atoms with Gasteiger partial charge in [-0.1, -0.05) is 6.07 Å². The minimum absolute atomic E-state index is 0.152. The average molecular weight is 245 g/mol. The number of nitrogens with one attached hydrogen (secondary N) is 3. The third-order valence-corrected chi connectivity index (χ3v) is 3.33. The molecule has 0 spiro atoms. The van der Waals surface area contributed by atoms with Crippen LogP contribution in [0.15, 0.2) is 30.5 Å². The molecule has 94 valence electrons. The molecule has 1 fully saturated rings. The number of hydrogen-bond acceptors (Lipinski definition) is 3. The maximum absolute atomic E-state index is 12.1. The van der Waals surface area contributed by atoms with Crippen LogP contribution in [0.1, 0.15) is 10.4 Å². The van der Waals surface area contributed by atoms with Crippen molar-refractivity contribution in [3.63, 3.8) is 0 Å². The monoisotopic (exact) mass is 245 g/mol. The van der Waals surface area contributed by atoms with Crippen molar-refractivity contribution in [3.05, 3.63) is 36.0 Å². The van der Waals surface area contributed by atoms with Gasteiger partial charge in [-0.3, -0.25) is 4.79 Å². The highest BCUT2D eigenvalue weighted by Gasteiger charge is 2.34. The van der Waals surface area contributed by atoms with E-state index in [-0.39, 0.29) is 12.5 Å². The van der Waals surface area contributed by atoms with Crippen molar-refractivity contribution in [2.75, 3.05) is 19.6 Å². The molecule has 2 aromatic rings. The van der Waals surface area contributed by atoms with Crippen molar-refractivity contribution in [2.45, 2.75) is 5.60 Å². The standard InChI is InChI=1S/C13H15N3O2/c17-12(16-8-13(18)6-14-7-13)10-2-1-3-11-9(10)4-5-15-11/h1-5,14-15,18H,6-8H2,(H,16,17). The summed E-state index contributed by atoms with van der Waals surface area (Å²) in [5.74, 6) is -0.152. The zero-order valence-electron chi connectivity index (χ0n) is 9.86. The summed E-state index contributed by atoms with van der Waals surface area (Å²) < 4.78 is 0. The van der Waals surface area contributed by atoms with E-state index in [0.717, 1.165) is 10.9 Å². The zero-order valence-corrected chi connectivity index (χ0v) is 9.86. The van der Waals surface area contributed by atoms with Crippen LogP contribution in [0.3, 0.4) is 0 Å². The van der Waals surface area contributed by atoms with Crippen molar-refractivity contribution in [3.8, 4) is 0 Å². The van der Waals surface area contributed by atoms with Crippen LogP contribution >= 0.6 is 0 Å². The van der Waals surface area contributed by atoms with E-state index in [2.05, 4.69) is 15.6 Å². The predicted octanol–water partition coefficient (Wildman–Crippen LogP) is 0.232. The second-order valence-electron chi connectivity index (χ2n) is 4.76. The number of rotatable bonds is 3. The molecule has 0 saturated carbocycles. The number of amides is 1. The van der Waals surface area contributed by atoms with Gasteiger partial charge in [-0.2, -0.15) is 0 Å². The summed E-state index contributed by atoms with van der Waals surface area (Å²) in [6.07, 6.45) is 1.81. The van der Waals surface area contributed by atoms with E-state index in [1.807, 2.05) is 24.4 Å². The lowest BCUT2D eigenvalue weighted by Crippen LogP contribution is -2.64. The number of β-amino-alcohol motifs (C(OH)–C–C–N with tert-alkyl or cyclic N) is 1. The van der Waals surface area contributed by atoms with Crippen molar-refractivity contribution in [1.29, 1.82) is 0 Å². The molecule has 1 saturated heterocycles. The topological polar surface area (TPSA) is 77.2 Å². The molecule has 5 heteroatoms. The molecule has 1 amide bonds. The number of benzene rings is 1. The number of carbonyl (C=O) groups is 1. The molecule has 3 rings (SSSR count). The minimum Gasteiger partial charge on any atom is -0.385 e. The molecule has 1 aliphatic rings. The lowest BCUT2D eigenvalue weighted by molar-refractivity contribution is -0.00758. The molecular weight excluding hydrogens is 230 g/mol. The van der Waals surface area contributed by atoms with Crippen molar-refractivity contribution < 1.29 is 9.90 Å². The van der Waals surface area contributed by atoms with Gasteiger partial charge in [-0.25, -0.2) is 0 Å². The van der Waals surface area contributed by atoms with Gasteiger partial charge in [0.2, 0.25) is 0 Å². The molecule has 0 aliphatic carbocycles. The minimum atomic E-state index is -0.790. The van der Waals surface area contributed by atoms with Crippen LogP contribution in [0.2, 0.25) is 0 Å². The molecule has 4 N–H and O–H groups in total. The van der Waals surface area contributed by atoms with Gasteiger partial charge in [0.25, 0.3) is 5.91 Å². The van der Waals surface area contributed by atoms with Crippen molar-refractivity contribution in [1.82, 2.24) is 15.6 Å². The first-order valence-electron chi connectivity index (χ1n) is 5.95. The zero-order chi connectivity index (χ0) is 12.6. The van der Waals surface area contributed by atoms with Gasteiger partial charge < -0.3 is 20.7 Å². The van der Waals surface area contributed by atoms with E-state index < -0.39 is 5.60 Å². The van der Waals surface area contributed by atoms with Gasteiger partial charge in [0.1, 0.15) is 5.60 Å². The van der Waals surface area contributed by atoms with Gasteiger partial charge in [0, 0.05) is 42.3 Å². The normalized spacial score (nSPS) is 17.4. The first kappa shape index (κ1) is 11.3. The summed E-state index contributed by atoms with van der Waals surface area (Å²) in [7, 11) is 0. The number of H-pyrrole nitrogens is 1. The average Bonchev–Trinajstić information content (AvgIpc) is 2.81. The van der Waals surface area contributed by atoms with Gasteiger partial charge in [-0.05, 0) is 18.2 Å². The number of fused-ring (bicyclic) bond motifs is 1. The van der Waals surface area contributed by atoms with Gasteiger partial charge in [-0.15, -0.1) is 0 Å². The molecule has 0 unspecified atom stereocenters. The Kier molecular flexibility index (Phi) is 2.57. The van der Waals surface area contributed by atoms with E-state index in [1.165, 1.54) is 0 Å². The third kappa shape index (κ3) is 1.87. The summed E-state index contributed by atoms with van der Waals surface area (Å²) in [5, 5.41) is 16.6. The highest BCUT2D eigenvalue weighted by molar-refractivity contribution is 6.06. The summed E-state index contributed by atoms with van der Waals surface area (Å²) in [5.41, 5.74) is 0.776. The van der Waals surface area contributed by atoms with Crippen LogP contribution in [0, 0.1) is 0 Å². The summed E-state index contributed by atoms with van der Waals surface area (Å²) in [4.78, 5) is 15.2. The van der Waals surface area contributed by atoms with E-state index in [9.17, 15) is 9.90 Å². The molecule has 1 aromatic heterocycles. The van der Waals surface area contributed by atoms with Crippen LogP contribution in [0.25, 0.3) is 10.9 Å². The lowest BCUT2D eigenvalue weighted by Gasteiger charge is -2.37. The van der Waals surface area contributed by atoms with Crippen molar-refractivity contribution >= 4 is 16.8 Å². The number of aromatic amines is 1. The van der Waals surface area contributed by atoms with Crippen LogP contribution in [-0.4, -0.2) is 41.2 Å². The predicted molar refractivity (Wildman–Crippen MR) is 68.5 cm³/mol. The maximum Gasteiger partial charge on any atom is 0.252 e. The number of aliphatic hydroxyl groups is 1. The maximum atomic E-state index is 12.1. The second-order valence-corrected chi connectivity index (χ2v) is 4.76. The largest absolute Gasteiger partial charge is 0.385 e. The number of hydrogen-bond donors (Lipinski definition) is 4. The fourth-order valence-electron chi connectivity index (χ4n) is 2.16. The Hall–Kier alpha value is -1.85. The Morgan fingerprint density at radius 2 is 2.22 bits per heavy atom. The summed E-state index contributed by atoms with van der Waals surface area (Å²) in [6, 6.07) is 7.43. The summed E-state index contributed by atoms with van der Waals surface area (Å²) in [6.45, 7) is 1.34. The van der Waals surface area contributed by atoms with E-state index in [4.69, 9.17) is 0 Å². The highest BCUT2D eigenvalue weighted by Crippen LogP contribution is 2.17. The first-order chi connectivity index (χ1) is 8.68. The molecule has 0 bridgehead atoms. The molecule has 1 aliphatic heterocycles. The van der Waals surface area contributed by atoms with Gasteiger partial charge >= 0.3 is 0 Å². The Balaban J connectivity index is 1.77. The van der Waals surface area contributed by atoms with Gasteiger partial charge in [0.05, 0.1) is 0 Å². The third-order valence-electron chi connectivity index (χ3n) is 3.33. The molecule has 0 atom stereocenters. The Labute approximate surface area is 104 Å². The SMILES string of the molecule is O=C(NCC1(O)CNC1)c1cccc2[nH]ccc12. The molecule has 5 nitrogen and oxygen atoms in total. The molecule has 1 aromatic carbocycles. The molecule has 18 heavy (non-hydrogen) atoms. The Morgan fingerprint density at radius 1 is 1.39 bits per heavy atom. The number of carbonyl (C=O) groups excluding carboxylic acids is 1. The van der Waals surface area contributed by atoms with Gasteiger partial charge in [0.15, 0.2) is 0 Å². The summed E-state index contributed by atoms with van der Waals surface area (Å²) >= 11 is 0. The fraction of sp³-hybridized carbons (Fsp3) is 0.308.